The van der Waals surface area contributed by atoms with Gasteiger partial charge < -0.3 is 0 Å². The summed E-state index contributed by atoms with van der Waals surface area (Å²) >= 11 is 3.23. The molecule has 0 saturated heterocycles. The quantitative estimate of drug-likeness (QED) is 0.727. The standard InChI is InChI=1S/C10H15BrO/c1-8(11)7-10(12)9-5-3-2-4-6-9/h9H,1-7H2. The van der Waals surface area contributed by atoms with Crippen LogP contribution < -0.4 is 0 Å². The molecule has 0 bridgehead atoms. The predicted molar refractivity (Wildman–Crippen MR) is 54.3 cm³/mol. The lowest BCUT2D eigenvalue weighted by molar-refractivity contribution is -0.122. The van der Waals surface area contributed by atoms with Crippen LogP contribution in [0, 0.1) is 5.92 Å². The molecule has 0 N–H and O–H groups in total. The normalized spacial score (nSPS) is 19.1. The lowest BCUT2D eigenvalue weighted by Crippen LogP contribution is -2.17. The Morgan fingerprint density at radius 2 is 1.92 bits per heavy atom. The number of allylic oxidation sites excluding steroid dienone is 1. The van der Waals surface area contributed by atoms with Crippen LogP contribution in [0.15, 0.2) is 11.1 Å². The van der Waals surface area contributed by atoms with E-state index in [1.807, 2.05) is 0 Å². The summed E-state index contributed by atoms with van der Waals surface area (Å²) in [6.45, 7) is 3.69. The van der Waals surface area contributed by atoms with Crippen molar-refractivity contribution < 1.29 is 4.79 Å². The fraction of sp³-hybridized carbons (Fsp3) is 0.700. The highest BCUT2D eigenvalue weighted by atomic mass is 79.9. The van der Waals surface area contributed by atoms with Crippen LogP contribution in [-0.4, -0.2) is 5.78 Å². The van der Waals surface area contributed by atoms with Gasteiger partial charge >= 0.3 is 0 Å². The van der Waals surface area contributed by atoms with Crippen LogP contribution in [0.2, 0.25) is 0 Å². The summed E-state index contributed by atoms with van der Waals surface area (Å²) in [6, 6.07) is 0. The van der Waals surface area contributed by atoms with Gasteiger partial charge in [0.05, 0.1) is 0 Å². The third-order valence-electron chi connectivity index (χ3n) is 2.43. The Labute approximate surface area is 82.4 Å². The molecule has 0 radical (unpaired) electrons. The van der Waals surface area contributed by atoms with E-state index in [0.29, 0.717) is 18.1 Å². The zero-order valence-electron chi connectivity index (χ0n) is 7.31. The number of carbonyl (C=O) groups excluding carboxylic acids is 1. The first-order valence-electron chi connectivity index (χ1n) is 4.56. The second kappa shape index (κ2) is 4.80. The first kappa shape index (κ1) is 9.97. The summed E-state index contributed by atoms with van der Waals surface area (Å²) in [7, 11) is 0. The van der Waals surface area contributed by atoms with E-state index in [1.54, 1.807) is 0 Å². The van der Waals surface area contributed by atoms with Crippen LogP contribution in [0.25, 0.3) is 0 Å². The molecule has 0 spiro atoms. The second-order valence-electron chi connectivity index (χ2n) is 3.50. The number of carbonyl (C=O) groups is 1. The largest absolute Gasteiger partial charge is 0.299 e. The first-order valence-corrected chi connectivity index (χ1v) is 5.35. The number of Topliss-reactive ketones (excluding diaryl/α,β-unsaturated/α-hetero) is 1. The molecule has 0 aromatic rings. The molecule has 0 aliphatic heterocycles. The number of hydrogen-bond acceptors (Lipinski definition) is 1. The zero-order valence-corrected chi connectivity index (χ0v) is 8.90. The average Bonchev–Trinajstić information content (AvgIpc) is 2.05. The van der Waals surface area contributed by atoms with Gasteiger partial charge in [-0.2, -0.15) is 0 Å². The van der Waals surface area contributed by atoms with E-state index >= 15 is 0 Å². The molecule has 1 aliphatic carbocycles. The summed E-state index contributed by atoms with van der Waals surface area (Å²) in [4.78, 5) is 11.5. The molecule has 0 heterocycles. The molecule has 1 nitrogen and oxygen atoms in total. The third kappa shape index (κ3) is 3.10. The van der Waals surface area contributed by atoms with Crippen LogP contribution in [-0.2, 0) is 4.79 Å². The second-order valence-corrected chi connectivity index (χ2v) is 4.62. The molecule has 1 rings (SSSR count). The fourth-order valence-electron chi connectivity index (χ4n) is 1.76. The van der Waals surface area contributed by atoms with Crippen molar-refractivity contribution in [3.63, 3.8) is 0 Å². The SMILES string of the molecule is C=C(Br)CC(=O)C1CCCCC1. The van der Waals surface area contributed by atoms with Crippen molar-refractivity contribution in [2.24, 2.45) is 5.92 Å². The Bertz CT molecular complexity index is 180. The molecule has 0 unspecified atom stereocenters. The van der Waals surface area contributed by atoms with E-state index in [1.165, 1.54) is 19.3 Å². The Kier molecular flexibility index (Phi) is 3.99. The van der Waals surface area contributed by atoms with E-state index in [0.717, 1.165) is 17.3 Å². The number of ketones is 1. The Balaban J connectivity index is 2.34. The maximum absolute atomic E-state index is 11.5. The minimum absolute atomic E-state index is 0.327. The first-order chi connectivity index (χ1) is 5.70. The predicted octanol–water partition coefficient (Wildman–Crippen LogP) is 3.43. The molecular weight excluding hydrogens is 216 g/mol. The molecule has 0 aromatic heterocycles. The minimum atomic E-state index is 0.327. The summed E-state index contributed by atoms with van der Waals surface area (Å²) < 4.78 is 0.818. The molecule has 0 atom stereocenters. The number of halogens is 1. The summed E-state index contributed by atoms with van der Waals surface area (Å²) in [5, 5.41) is 0. The van der Waals surface area contributed by atoms with Crippen LogP contribution in [0.3, 0.4) is 0 Å². The molecule has 0 amide bonds. The molecule has 2 heteroatoms. The maximum Gasteiger partial charge on any atom is 0.140 e. The van der Waals surface area contributed by atoms with Gasteiger partial charge in [-0.05, 0) is 17.3 Å². The van der Waals surface area contributed by atoms with Crippen molar-refractivity contribution in [3.05, 3.63) is 11.1 Å². The van der Waals surface area contributed by atoms with E-state index in [4.69, 9.17) is 0 Å². The molecule has 68 valence electrons. The van der Waals surface area contributed by atoms with Crippen molar-refractivity contribution in [2.45, 2.75) is 38.5 Å². The van der Waals surface area contributed by atoms with Crippen LogP contribution in [0.5, 0.6) is 0 Å². The Morgan fingerprint density at radius 1 is 1.33 bits per heavy atom. The van der Waals surface area contributed by atoms with Gasteiger partial charge in [-0.3, -0.25) is 4.79 Å². The molecule has 1 aliphatic rings. The van der Waals surface area contributed by atoms with Crippen molar-refractivity contribution in [1.82, 2.24) is 0 Å². The zero-order chi connectivity index (χ0) is 8.97. The van der Waals surface area contributed by atoms with Crippen molar-refractivity contribution in [1.29, 1.82) is 0 Å². The molecular formula is C10H15BrO. The van der Waals surface area contributed by atoms with Crippen LogP contribution >= 0.6 is 15.9 Å². The van der Waals surface area contributed by atoms with Crippen molar-refractivity contribution in [2.75, 3.05) is 0 Å². The van der Waals surface area contributed by atoms with E-state index in [-0.39, 0.29) is 0 Å². The highest BCUT2D eigenvalue weighted by Gasteiger charge is 2.20. The van der Waals surface area contributed by atoms with Gasteiger partial charge in [-0.15, -0.1) is 0 Å². The van der Waals surface area contributed by atoms with Crippen LogP contribution in [0.1, 0.15) is 38.5 Å². The fourth-order valence-corrected chi connectivity index (χ4v) is 2.03. The van der Waals surface area contributed by atoms with Crippen molar-refractivity contribution >= 4 is 21.7 Å². The number of rotatable bonds is 3. The van der Waals surface area contributed by atoms with Crippen LogP contribution in [0.4, 0.5) is 0 Å². The van der Waals surface area contributed by atoms with E-state index in [9.17, 15) is 4.79 Å². The van der Waals surface area contributed by atoms with Crippen molar-refractivity contribution in [3.8, 4) is 0 Å². The molecule has 12 heavy (non-hydrogen) atoms. The minimum Gasteiger partial charge on any atom is -0.299 e. The van der Waals surface area contributed by atoms with Gasteiger partial charge in [0.2, 0.25) is 0 Å². The van der Waals surface area contributed by atoms with Gasteiger partial charge in [0.15, 0.2) is 0 Å². The van der Waals surface area contributed by atoms with Gasteiger partial charge in [0, 0.05) is 12.3 Å². The number of hydrogen-bond donors (Lipinski definition) is 0. The monoisotopic (exact) mass is 230 g/mol. The highest BCUT2D eigenvalue weighted by Crippen LogP contribution is 2.26. The summed E-state index contributed by atoms with van der Waals surface area (Å²) in [6.07, 6.45) is 6.47. The lowest BCUT2D eigenvalue weighted by atomic mass is 9.85. The Morgan fingerprint density at radius 3 is 2.42 bits per heavy atom. The molecule has 0 aromatic carbocycles. The van der Waals surface area contributed by atoms with E-state index in [2.05, 4.69) is 22.5 Å². The highest BCUT2D eigenvalue weighted by molar-refractivity contribution is 9.11. The topological polar surface area (TPSA) is 17.1 Å². The Hall–Kier alpha value is -0.110. The maximum atomic E-state index is 11.5. The summed E-state index contributed by atoms with van der Waals surface area (Å²) in [5.41, 5.74) is 0. The lowest BCUT2D eigenvalue weighted by Gasteiger charge is -2.19. The van der Waals surface area contributed by atoms with Gasteiger partial charge in [0.1, 0.15) is 5.78 Å². The van der Waals surface area contributed by atoms with Gasteiger partial charge in [-0.1, -0.05) is 41.8 Å². The third-order valence-corrected chi connectivity index (χ3v) is 2.71. The average molecular weight is 231 g/mol. The van der Waals surface area contributed by atoms with Gasteiger partial charge in [-0.25, -0.2) is 0 Å². The molecule has 1 saturated carbocycles. The van der Waals surface area contributed by atoms with E-state index < -0.39 is 0 Å². The molecule has 1 fully saturated rings. The smallest absolute Gasteiger partial charge is 0.140 e. The summed E-state index contributed by atoms with van der Waals surface area (Å²) in [5.74, 6) is 0.699. The van der Waals surface area contributed by atoms with Gasteiger partial charge in [0.25, 0.3) is 0 Å².